The van der Waals surface area contributed by atoms with Crippen LogP contribution in [0.5, 0.6) is 11.6 Å². The van der Waals surface area contributed by atoms with Crippen LogP contribution in [0.15, 0.2) is 42.9 Å². The number of rotatable bonds is 6. The Labute approximate surface area is 133 Å². The zero-order valence-electron chi connectivity index (χ0n) is 12.8. The van der Waals surface area contributed by atoms with E-state index in [1.807, 2.05) is 0 Å². The highest BCUT2D eigenvalue weighted by Gasteiger charge is 2.27. The molecular formula is C16H17N3O4. The average Bonchev–Trinajstić information content (AvgIpc) is 2.54. The molecule has 0 aliphatic heterocycles. The lowest BCUT2D eigenvalue weighted by Gasteiger charge is -2.19. The van der Waals surface area contributed by atoms with Gasteiger partial charge in [0.05, 0.1) is 11.6 Å². The normalized spacial score (nSPS) is 10.9. The van der Waals surface area contributed by atoms with E-state index >= 15 is 0 Å². The zero-order valence-corrected chi connectivity index (χ0v) is 12.8. The maximum absolute atomic E-state index is 12.1. The number of nitrogens with one attached hydrogen (secondary N) is 1. The molecule has 2 rings (SSSR count). The molecule has 0 aliphatic rings. The van der Waals surface area contributed by atoms with Gasteiger partial charge >= 0.3 is 5.97 Å². The van der Waals surface area contributed by atoms with E-state index in [1.165, 1.54) is 18.6 Å². The van der Waals surface area contributed by atoms with Crippen LogP contribution < -0.4 is 10.1 Å². The van der Waals surface area contributed by atoms with E-state index in [1.54, 1.807) is 38.1 Å². The van der Waals surface area contributed by atoms with Gasteiger partial charge in [-0.15, -0.1) is 0 Å². The fraction of sp³-hybridized carbons (Fsp3) is 0.250. The Balaban J connectivity index is 2.04. The predicted octanol–water partition coefficient (Wildman–Crippen LogP) is 2.11. The molecule has 0 bridgehead atoms. The van der Waals surface area contributed by atoms with Crippen LogP contribution in [-0.2, 0) is 4.79 Å². The Bertz CT molecular complexity index is 701. The van der Waals surface area contributed by atoms with Crippen molar-refractivity contribution in [3.63, 3.8) is 0 Å². The van der Waals surface area contributed by atoms with Crippen molar-refractivity contribution in [1.82, 2.24) is 15.3 Å². The van der Waals surface area contributed by atoms with E-state index < -0.39 is 11.4 Å². The minimum absolute atomic E-state index is 0.0242. The summed E-state index contributed by atoms with van der Waals surface area (Å²) in [6, 6.07) is 6.53. The van der Waals surface area contributed by atoms with E-state index in [0.717, 1.165) is 0 Å². The third-order valence-electron chi connectivity index (χ3n) is 3.13. The number of hydrogen-bond acceptors (Lipinski definition) is 5. The van der Waals surface area contributed by atoms with Crippen molar-refractivity contribution in [2.24, 2.45) is 5.41 Å². The maximum atomic E-state index is 12.1. The van der Waals surface area contributed by atoms with Crippen molar-refractivity contribution in [3.05, 3.63) is 48.4 Å². The molecule has 7 heteroatoms. The summed E-state index contributed by atoms with van der Waals surface area (Å²) < 4.78 is 5.51. The SMILES string of the molecule is CC(C)(CNC(=O)c1cccc(Oc2cnccn2)c1)C(=O)O. The molecule has 0 aliphatic carbocycles. The number of carboxylic acids is 1. The minimum atomic E-state index is -1.04. The average molecular weight is 315 g/mol. The van der Waals surface area contributed by atoms with Crippen LogP contribution in [0.3, 0.4) is 0 Å². The number of amides is 1. The number of carboxylic acid groups (broad SMARTS) is 1. The molecule has 0 saturated carbocycles. The molecule has 7 nitrogen and oxygen atoms in total. The molecule has 23 heavy (non-hydrogen) atoms. The molecule has 2 aromatic rings. The van der Waals surface area contributed by atoms with Crippen LogP contribution in [0.4, 0.5) is 0 Å². The number of carbonyl (C=O) groups excluding carboxylic acids is 1. The molecule has 0 atom stereocenters. The molecule has 0 fully saturated rings. The van der Waals surface area contributed by atoms with E-state index in [4.69, 9.17) is 9.84 Å². The van der Waals surface area contributed by atoms with Crippen molar-refractivity contribution in [2.45, 2.75) is 13.8 Å². The maximum Gasteiger partial charge on any atom is 0.310 e. The van der Waals surface area contributed by atoms with Gasteiger partial charge in [-0.05, 0) is 32.0 Å². The van der Waals surface area contributed by atoms with E-state index in [9.17, 15) is 9.59 Å². The first-order valence-electron chi connectivity index (χ1n) is 6.94. The number of nitrogens with zero attached hydrogens (tertiary/aromatic N) is 2. The Morgan fingerprint density at radius 3 is 2.74 bits per heavy atom. The highest BCUT2D eigenvalue weighted by molar-refractivity contribution is 5.94. The van der Waals surface area contributed by atoms with Gasteiger partial charge in [-0.1, -0.05) is 6.07 Å². The van der Waals surface area contributed by atoms with Crippen molar-refractivity contribution in [3.8, 4) is 11.6 Å². The van der Waals surface area contributed by atoms with E-state index in [-0.39, 0.29) is 12.5 Å². The third-order valence-corrected chi connectivity index (χ3v) is 3.13. The first-order valence-corrected chi connectivity index (χ1v) is 6.94. The first-order chi connectivity index (χ1) is 10.9. The second-order valence-electron chi connectivity index (χ2n) is 5.55. The summed E-state index contributed by atoms with van der Waals surface area (Å²) >= 11 is 0. The monoisotopic (exact) mass is 315 g/mol. The van der Waals surface area contributed by atoms with Gasteiger partial charge in [0.1, 0.15) is 5.75 Å². The molecular weight excluding hydrogens is 298 g/mol. The first kappa shape index (κ1) is 16.4. The number of ether oxygens (including phenoxy) is 1. The molecule has 0 unspecified atom stereocenters. The van der Waals surface area contributed by atoms with Crippen molar-refractivity contribution in [1.29, 1.82) is 0 Å². The Morgan fingerprint density at radius 1 is 1.30 bits per heavy atom. The highest BCUT2D eigenvalue weighted by atomic mass is 16.5. The minimum Gasteiger partial charge on any atom is -0.481 e. The second kappa shape index (κ2) is 6.87. The van der Waals surface area contributed by atoms with Crippen LogP contribution in [-0.4, -0.2) is 33.5 Å². The fourth-order valence-corrected chi connectivity index (χ4v) is 1.64. The lowest BCUT2D eigenvalue weighted by atomic mass is 9.94. The molecule has 1 heterocycles. The number of aromatic nitrogens is 2. The van der Waals surface area contributed by atoms with Gasteiger partial charge in [-0.2, -0.15) is 0 Å². The summed E-state index contributed by atoms with van der Waals surface area (Å²) in [5.41, 5.74) is -0.670. The van der Waals surface area contributed by atoms with Crippen LogP contribution in [0.25, 0.3) is 0 Å². The van der Waals surface area contributed by atoms with Gasteiger partial charge in [0.25, 0.3) is 5.91 Å². The molecule has 2 N–H and O–H groups in total. The fourth-order valence-electron chi connectivity index (χ4n) is 1.64. The summed E-state index contributed by atoms with van der Waals surface area (Å²) in [5.74, 6) is -0.589. The lowest BCUT2D eigenvalue weighted by Crippen LogP contribution is -2.38. The molecule has 120 valence electrons. The largest absolute Gasteiger partial charge is 0.481 e. The number of hydrogen-bond donors (Lipinski definition) is 2. The molecule has 0 saturated heterocycles. The van der Waals surface area contributed by atoms with Crippen LogP contribution in [0.2, 0.25) is 0 Å². The van der Waals surface area contributed by atoms with E-state index in [2.05, 4.69) is 15.3 Å². The van der Waals surface area contributed by atoms with Gasteiger partial charge in [-0.3, -0.25) is 14.6 Å². The second-order valence-corrected chi connectivity index (χ2v) is 5.55. The van der Waals surface area contributed by atoms with Crippen LogP contribution in [0.1, 0.15) is 24.2 Å². The summed E-state index contributed by atoms with van der Waals surface area (Å²) in [4.78, 5) is 31.0. The number of benzene rings is 1. The van der Waals surface area contributed by atoms with E-state index in [0.29, 0.717) is 17.2 Å². The van der Waals surface area contributed by atoms with Crippen LogP contribution >= 0.6 is 0 Å². The standard InChI is InChI=1S/C16H17N3O4/c1-16(2,15(21)22)10-19-14(20)11-4-3-5-12(8-11)23-13-9-17-6-7-18-13/h3-9H,10H2,1-2H3,(H,19,20)(H,21,22). The number of aliphatic carboxylic acids is 1. The van der Waals surface area contributed by atoms with Gasteiger partial charge in [0.2, 0.25) is 5.88 Å². The van der Waals surface area contributed by atoms with Gasteiger partial charge in [0.15, 0.2) is 0 Å². The number of carbonyl (C=O) groups is 2. The Kier molecular flexibility index (Phi) is 4.90. The molecule has 0 spiro atoms. The predicted molar refractivity (Wildman–Crippen MR) is 82.3 cm³/mol. The smallest absolute Gasteiger partial charge is 0.310 e. The van der Waals surface area contributed by atoms with Crippen LogP contribution in [0, 0.1) is 5.41 Å². The van der Waals surface area contributed by atoms with Gasteiger partial charge in [0, 0.05) is 24.5 Å². The van der Waals surface area contributed by atoms with Crippen molar-refractivity contribution in [2.75, 3.05) is 6.54 Å². The summed E-state index contributed by atoms with van der Waals surface area (Å²) in [5, 5.41) is 11.7. The molecule has 1 amide bonds. The van der Waals surface area contributed by atoms with Gasteiger partial charge in [-0.25, -0.2) is 4.98 Å². The molecule has 1 aromatic heterocycles. The lowest BCUT2D eigenvalue weighted by molar-refractivity contribution is -0.146. The summed E-state index contributed by atoms with van der Waals surface area (Å²) in [6.07, 6.45) is 4.49. The van der Waals surface area contributed by atoms with Crippen molar-refractivity contribution >= 4 is 11.9 Å². The van der Waals surface area contributed by atoms with Crippen molar-refractivity contribution < 1.29 is 19.4 Å². The topological polar surface area (TPSA) is 101 Å². The summed E-state index contributed by atoms with van der Waals surface area (Å²) in [7, 11) is 0. The zero-order chi connectivity index (χ0) is 16.9. The molecule has 1 aromatic carbocycles. The summed E-state index contributed by atoms with van der Waals surface area (Å²) in [6.45, 7) is 3.11. The highest BCUT2D eigenvalue weighted by Crippen LogP contribution is 2.20. The Morgan fingerprint density at radius 2 is 2.09 bits per heavy atom. The molecule has 0 radical (unpaired) electrons. The quantitative estimate of drug-likeness (QED) is 0.846. The Hall–Kier alpha value is -2.96. The van der Waals surface area contributed by atoms with Gasteiger partial charge < -0.3 is 15.2 Å². The third kappa shape index (κ3) is 4.50.